The normalized spacial score (nSPS) is 22.9. The Labute approximate surface area is 369 Å². The highest BCUT2D eigenvalue weighted by Gasteiger charge is 2.65. The number of aliphatic hydroxyl groups is 2. The van der Waals surface area contributed by atoms with Gasteiger partial charge < -0.3 is 34.0 Å². The first-order valence-corrected chi connectivity index (χ1v) is 22.3. The minimum Gasteiger partial charge on any atom is -0.459 e. The summed E-state index contributed by atoms with van der Waals surface area (Å²) in [4.78, 5) is 32.9. The average molecular weight is 862 g/mol. The van der Waals surface area contributed by atoms with Gasteiger partial charge in [0.2, 0.25) is 5.79 Å². The minimum atomic E-state index is -1.43. The zero-order valence-electron chi connectivity index (χ0n) is 36.2. The number of rotatable bonds is 21. The van der Waals surface area contributed by atoms with Gasteiger partial charge in [-0.25, -0.2) is 4.79 Å². The standard InChI is InChI=1S/C50H59N3O10/c1-4-25-52(49(56)59-6-3)46-32-44(51-61-33-34-17-20-38(21-18-34)53(57)58)42-30-37(15-9-11-26-54)41(16-10-12-27-55)47-43-31-40(62-39-22-19-35-13-7-8-14-36(35)29-39)23-24-45(43)63-50(46,48(42)47)60-28-5-2/h5,7-8,13-14,17-24,29-31,37,41,46-48,54-55H,2,4,6,9-12,15-16,25-28,32-33H2,1,3H3/t37-,41+,46-,47+,48+,50+/m0/s1. The van der Waals surface area contributed by atoms with E-state index in [-0.39, 0.29) is 62.9 Å². The van der Waals surface area contributed by atoms with E-state index in [1.807, 2.05) is 49.4 Å². The van der Waals surface area contributed by atoms with Crippen molar-refractivity contribution in [1.82, 2.24) is 4.90 Å². The first-order valence-electron chi connectivity index (χ1n) is 22.3. The van der Waals surface area contributed by atoms with Crippen LogP contribution >= 0.6 is 0 Å². The highest BCUT2D eigenvalue weighted by atomic mass is 16.7. The average Bonchev–Trinajstić information content (AvgIpc) is 3.29. The van der Waals surface area contributed by atoms with Gasteiger partial charge in [0, 0.05) is 49.8 Å². The maximum absolute atomic E-state index is 14.1. The highest BCUT2D eigenvalue weighted by Crippen LogP contribution is 2.62. The number of benzene rings is 4. The van der Waals surface area contributed by atoms with E-state index in [9.17, 15) is 25.1 Å². The molecule has 1 aliphatic heterocycles. The zero-order valence-corrected chi connectivity index (χ0v) is 36.2. The summed E-state index contributed by atoms with van der Waals surface area (Å²) < 4.78 is 26.7. The molecule has 0 radical (unpaired) electrons. The molecule has 4 aromatic rings. The largest absolute Gasteiger partial charge is 0.459 e. The molecule has 334 valence electrons. The Morgan fingerprint density at radius 3 is 2.41 bits per heavy atom. The molecular formula is C50H59N3O10. The summed E-state index contributed by atoms with van der Waals surface area (Å²) in [7, 11) is 0. The minimum absolute atomic E-state index is 0.0198. The van der Waals surface area contributed by atoms with E-state index in [1.165, 1.54) is 12.1 Å². The third-order valence-corrected chi connectivity index (χ3v) is 12.5. The van der Waals surface area contributed by atoms with Crippen molar-refractivity contribution in [3.63, 3.8) is 0 Å². The van der Waals surface area contributed by atoms with Crippen LogP contribution in [0.2, 0.25) is 0 Å². The van der Waals surface area contributed by atoms with Crippen LogP contribution in [0.3, 0.4) is 0 Å². The second-order valence-electron chi connectivity index (χ2n) is 16.5. The number of amides is 1. The summed E-state index contributed by atoms with van der Waals surface area (Å²) in [6, 6.07) is 25.5. The van der Waals surface area contributed by atoms with Crippen molar-refractivity contribution in [2.75, 3.05) is 33.0 Å². The fourth-order valence-electron chi connectivity index (χ4n) is 9.80. The first-order chi connectivity index (χ1) is 30.7. The lowest BCUT2D eigenvalue weighted by atomic mass is 9.55. The molecule has 1 fully saturated rings. The van der Waals surface area contributed by atoms with Crippen LogP contribution in [0, 0.1) is 27.9 Å². The summed E-state index contributed by atoms with van der Waals surface area (Å²) >= 11 is 0. The molecule has 2 N–H and O–H groups in total. The quantitative estimate of drug-likeness (QED) is 0.0357. The number of hydrogen-bond donors (Lipinski definition) is 2. The van der Waals surface area contributed by atoms with Crippen LogP contribution in [-0.2, 0) is 20.9 Å². The van der Waals surface area contributed by atoms with E-state index in [1.54, 1.807) is 30.0 Å². The van der Waals surface area contributed by atoms with Gasteiger partial charge in [0.05, 0.1) is 29.8 Å². The lowest BCUT2D eigenvalue weighted by Gasteiger charge is -2.59. The molecule has 6 atom stereocenters. The molecule has 13 heteroatoms. The molecule has 2 aliphatic carbocycles. The first kappa shape index (κ1) is 45.3. The molecule has 13 nitrogen and oxygen atoms in total. The molecule has 0 unspecified atom stereocenters. The van der Waals surface area contributed by atoms with Crippen LogP contribution in [0.5, 0.6) is 17.2 Å². The molecule has 1 amide bonds. The van der Waals surface area contributed by atoms with Gasteiger partial charge >= 0.3 is 6.09 Å². The number of hydrogen-bond acceptors (Lipinski definition) is 11. The summed E-state index contributed by atoms with van der Waals surface area (Å²) in [5.41, 5.74) is 3.15. The molecule has 0 saturated heterocycles. The Morgan fingerprint density at radius 2 is 1.70 bits per heavy atom. The van der Waals surface area contributed by atoms with Crippen molar-refractivity contribution in [2.24, 2.45) is 22.9 Å². The van der Waals surface area contributed by atoms with Gasteiger partial charge in [-0.15, -0.1) is 6.58 Å². The number of nitrogens with zero attached hydrogens (tertiary/aromatic N) is 3. The number of oxime groups is 1. The lowest BCUT2D eigenvalue weighted by molar-refractivity contribution is -0.384. The molecule has 0 bridgehead atoms. The van der Waals surface area contributed by atoms with Crippen LogP contribution < -0.4 is 9.47 Å². The maximum Gasteiger partial charge on any atom is 0.410 e. The highest BCUT2D eigenvalue weighted by molar-refractivity contribution is 6.03. The topological polar surface area (TPSA) is 162 Å². The van der Waals surface area contributed by atoms with E-state index in [2.05, 4.69) is 30.9 Å². The Bertz CT molecular complexity index is 2280. The zero-order chi connectivity index (χ0) is 44.3. The van der Waals surface area contributed by atoms with Crippen molar-refractivity contribution >= 4 is 28.3 Å². The van der Waals surface area contributed by atoms with Gasteiger partial charge in [0.15, 0.2) is 0 Å². The predicted molar refractivity (Wildman–Crippen MR) is 241 cm³/mol. The number of nitro benzene ring substituents is 1. The van der Waals surface area contributed by atoms with E-state index < -0.39 is 28.8 Å². The fraction of sp³-hybridized carbons (Fsp3) is 0.440. The van der Waals surface area contributed by atoms with Crippen molar-refractivity contribution < 1.29 is 43.7 Å². The lowest BCUT2D eigenvalue weighted by Crippen LogP contribution is -2.70. The number of carbonyl (C=O) groups is 1. The molecule has 4 aromatic carbocycles. The van der Waals surface area contributed by atoms with E-state index in [0.29, 0.717) is 54.3 Å². The van der Waals surface area contributed by atoms with E-state index >= 15 is 0 Å². The Hall–Kier alpha value is -5.76. The number of fused-ring (bicyclic) bond motifs is 3. The van der Waals surface area contributed by atoms with Gasteiger partial charge in [0.25, 0.3) is 5.69 Å². The van der Waals surface area contributed by atoms with Crippen LogP contribution in [0.15, 0.2) is 114 Å². The number of ether oxygens (including phenoxy) is 4. The van der Waals surface area contributed by atoms with E-state index in [0.717, 1.165) is 47.6 Å². The molecule has 1 saturated carbocycles. The van der Waals surface area contributed by atoms with Gasteiger partial charge in [-0.05, 0) is 115 Å². The molecule has 7 rings (SSSR count). The monoisotopic (exact) mass is 861 g/mol. The van der Waals surface area contributed by atoms with Crippen molar-refractivity contribution in [1.29, 1.82) is 0 Å². The van der Waals surface area contributed by atoms with Gasteiger partial charge in [-0.1, -0.05) is 67.4 Å². The van der Waals surface area contributed by atoms with Gasteiger partial charge in [-0.2, -0.15) is 0 Å². The summed E-state index contributed by atoms with van der Waals surface area (Å²) in [6.45, 7) is 8.68. The molecule has 0 aromatic heterocycles. The second kappa shape index (κ2) is 21.1. The van der Waals surface area contributed by atoms with Crippen molar-refractivity contribution in [3.05, 3.63) is 130 Å². The van der Waals surface area contributed by atoms with Crippen LogP contribution in [-0.4, -0.2) is 76.6 Å². The van der Waals surface area contributed by atoms with Crippen molar-refractivity contribution in [3.8, 4) is 17.2 Å². The second-order valence-corrected chi connectivity index (χ2v) is 16.5. The Balaban J connectivity index is 1.41. The molecule has 3 aliphatic rings. The third kappa shape index (κ3) is 9.91. The van der Waals surface area contributed by atoms with Gasteiger partial charge in [-0.3, -0.25) is 15.0 Å². The van der Waals surface area contributed by atoms with Gasteiger partial charge in [0.1, 0.15) is 29.9 Å². The number of nitro groups is 1. The number of allylic oxidation sites excluding steroid dienone is 1. The summed E-state index contributed by atoms with van der Waals surface area (Å²) in [5, 5.41) is 38.3. The van der Waals surface area contributed by atoms with Crippen molar-refractivity contribution in [2.45, 2.75) is 89.6 Å². The SMILES string of the molecule is C=CCO[C@@]12Oc3ccc(Oc4ccc5ccccc5c4)cc3[C@H]3[C@H](CCCCO)[C@@H](CCCCO)C=C(C(=NOCc4ccc([N+](=O)[O-])cc4)C[C@@H]1N(CCC)C(=O)OCC)[C@H]32. The summed E-state index contributed by atoms with van der Waals surface area (Å²) in [6.07, 6.45) is 8.78. The predicted octanol–water partition coefficient (Wildman–Crippen LogP) is 10.2. The Kier molecular flexibility index (Phi) is 15.1. The maximum atomic E-state index is 14.1. The fourth-order valence-corrected chi connectivity index (χ4v) is 9.80. The number of unbranched alkanes of at least 4 members (excludes halogenated alkanes) is 2. The molecule has 1 heterocycles. The number of carbonyl (C=O) groups excluding carboxylic acids is 1. The van der Waals surface area contributed by atoms with E-state index in [4.69, 9.17) is 28.9 Å². The van der Waals surface area contributed by atoms with Crippen LogP contribution in [0.25, 0.3) is 10.8 Å². The van der Waals surface area contributed by atoms with Crippen LogP contribution in [0.1, 0.15) is 82.3 Å². The summed E-state index contributed by atoms with van der Waals surface area (Å²) in [5.74, 6) is -0.168. The molecule has 0 spiro atoms. The molecular weight excluding hydrogens is 803 g/mol. The third-order valence-electron chi connectivity index (χ3n) is 12.5. The number of non-ortho nitro benzene ring substituents is 1. The molecule has 63 heavy (non-hydrogen) atoms. The Morgan fingerprint density at radius 1 is 0.968 bits per heavy atom. The number of aliphatic hydroxyl groups excluding tert-OH is 2. The van der Waals surface area contributed by atoms with Crippen LogP contribution in [0.4, 0.5) is 10.5 Å². The smallest absolute Gasteiger partial charge is 0.410 e.